The maximum atomic E-state index is 13.9. The summed E-state index contributed by atoms with van der Waals surface area (Å²) in [5.74, 6) is -3.37. The molecule has 2 atom stereocenters. The Morgan fingerprint density at radius 2 is 1.75 bits per heavy atom. The van der Waals surface area contributed by atoms with Crippen LogP contribution in [0.5, 0.6) is 0 Å². The average molecular weight is 371 g/mol. The van der Waals surface area contributed by atoms with Gasteiger partial charge in [0.25, 0.3) is 5.79 Å². The molecule has 1 aliphatic heterocycles. The summed E-state index contributed by atoms with van der Waals surface area (Å²) in [5, 5.41) is 0. The van der Waals surface area contributed by atoms with Crippen molar-refractivity contribution in [2.24, 2.45) is 5.92 Å². The van der Waals surface area contributed by atoms with Gasteiger partial charge in [0.15, 0.2) is 8.32 Å². The van der Waals surface area contributed by atoms with Crippen LogP contribution in [0.3, 0.4) is 0 Å². The zero-order chi connectivity index (χ0) is 19.1. The lowest BCUT2D eigenvalue weighted by molar-refractivity contribution is -0.348. The van der Waals surface area contributed by atoms with E-state index in [9.17, 15) is 18.0 Å². The predicted molar refractivity (Wildman–Crippen MR) is 85.9 cm³/mol. The van der Waals surface area contributed by atoms with E-state index in [1.54, 1.807) is 54.3 Å². The van der Waals surface area contributed by atoms with E-state index in [1.807, 2.05) is 0 Å². The first kappa shape index (κ1) is 21.2. The third kappa shape index (κ3) is 4.63. The lowest BCUT2D eigenvalue weighted by Crippen LogP contribution is -2.63. The number of alkyl halides is 3. The van der Waals surface area contributed by atoms with Gasteiger partial charge in [-0.1, -0.05) is 13.8 Å². The highest BCUT2D eigenvalue weighted by molar-refractivity contribution is 6.69. The van der Waals surface area contributed by atoms with Crippen LogP contribution in [-0.4, -0.2) is 49.6 Å². The summed E-state index contributed by atoms with van der Waals surface area (Å²) in [4.78, 5) is 13.3. The van der Waals surface area contributed by atoms with Crippen LogP contribution in [-0.2, 0) is 13.9 Å². The molecule has 0 N–H and O–H groups in total. The molecule has 0 saturated carbocycles. The molecule has 0 bridgehead atoms. The van der Waals surface area contributed by atoms with Crippen LogP contribution in [0.15, 0.2) is 0 Å². The summed E-state index contributed by atoms with van der Waals surface area (Å²) in [6.45, 7) is 12.6. The quantitative estimate of drug-likeness (QED) is 0.692. The smallest absolute Gasteiger partial charge is 0.444 e. The molecule has 1 amide bonds. The first-order valence-corrected chi connectivity index (χ1v) is 11.3. The lowest BCUT2D eigenvalue weighted by Gasteiger charge is -2.42. The Bertz CT molecular complexity index is 471. The van der Waals surface area contributed by atoms with Gasteiger partial charge in [-0.15, -0.1) is 0 Å². The molecule has 5 nitrogen and oxygen atoms in total. The molecule has 0 unspecified atom stereocenters. The molecule has 0 aromatic rings. The number of hydrogen-bond acceptors (Lipinski definition) is 4. The van der Waals surface area contributed by atoms with E-state index < -0.39 is 50.7 Å². The number of ether oxygens (including phenoxy) is 2. The van der Waals surface area contributed by atoms with Gasteiger partial charge in [0.2, 0.25) is 0 Å². The summed E-state index contributed by atoms with van der Waals surface area (Å²) in [6.07, 6.45) is -5.62. The SMILES string of the molecule is CC(C)[C@@H]1N(C(=O)OC(C)(C)C)CO[C@@]1(O[Si](C)(C)C)C(F)(F)F. The summed E-state index contributed by atoms with van der Waals surface area (Å²) >= 11 is 0. The highest BCUT2D eigenvalue weighted by atomic mass is 28.4. The second-order valence-electron chi connectivity index (χ2n) is 8.29. The molecule has 142 valence electrons. The fraction of sp³-hybridized carbons (Fsp3) is 0.933. The van der Waals surface area contributed by atoms with Crippen molar-refractivity contribution < 1.29 is 31.9 Å². The summed E-state index contributed by atoms with van der Waals surface area (Å²) < 4.78 is 57.6. The lowest BCUT2D eigenvalue weighted by atomic mass is 9.94. The van der Waals surface area contributed by atoms with E-state index in [2.05, 4.69) is 0 Å². The van der Waals surface area contributed by atoms with Crippen LogP contribution in [0.2, 0.25) is 19.6 Å². The fourth-order valence-corrected chi connectivity index (χ4v) is 3.88. The standard InChI is InChI=1S/C15H28F3NO4Si/c1-10(2)11-14(15(16,17)18,23-24(6,7)8)21-9-19(11)12(20)22-13(3,4)5/h10-11H,9H2,1-8H3/t11-,14-/m0/s1. The Hall–Kier alpha value is -0.803. The molecule has 0 aliphatic carbocycles. The van der Waals surface area contributed by atoms with E-state index in [-0.39, 0.29) is 0 Å². The van der Waals surface area contributed by atoms with E-state index in [0.717, 1.165) is 4.90 Å². The van der Waals surface area contributed by atoms with Crippen LogP contribution in [0.1, 0.15) is 34.6 Å². The number of hydrogen-bond donors (Lipinski definition) is 0. The van der Waals surface area contributed by atoms with Gasteiger partial charge >= 0.3 is 12.3 Å². The van der Waals surface area contributed by atoms with Gasteiger partial charge in [-0.2, -0.15) is 13.2 Å². The highest BCUT2D eigenvalue weighted by Crippen LogP contribution is 2.47. The molecular formula is C15H28F3NO4Si. The number of carbonyl (C=O) groups is 1. The van der Waals surface area contributed by atoms with Crippen LogP contribution in [0, 0.1) is 5.92 Å². The van der Waals surface area contributed by atoms with Crippen molar-refractivity contribution in [1.29, 1.82) is 0 Å². The van der Waals surface area contributed by atoms with Gasteiger partial charge < -0.3 is 13.9 Å². The highest BCUT2D eigenvalue weighted by Gasteiger charge is 2.70. The Balaban J connectivity index is 3.29. The van der Waals surface area contributed by atoms with Crippen LogP contribution in [0.4, 0.5) is 18.0 Å². The normalized spacial score (nSPS) is 26.2. The van der Waals surface area contributed by atoms with Crippen LogP contribution < -0.4 is 0 Å². The number of rotatable bonds is 3. The molecule has 0 aromatic heterocycles. The molecule has 1 aliphatic rings. The van der Waals surface area contributed by atoms with Gasteiger partial charge in [-0.25, -0.2) is 4.79 Å². The largest absolute Gasteiger partial charge is 0.444 e. The maximum Gasteiger partial charge on any atom is 0.444 e. The zero-order valence-electron chi connectivity index (χ0n) is 15.6. The molecule has 1 fully saturated rings. The average Bonchev–Trinajstić information content (AvgIpc) is 2.64. The molecule has 1 rings (SSSR count). The van der Waals surface area contributed by atoms with Gasteiger partial charge in [0.1, 0.15) is 18.4 Å². The van der Waals surface area contributed by atoms with E-state index in [0.29, 0.717) is 0 Å². The fourth-order valence-electron chi connectivity index (χ4n) is 2.67. The summed E-state index contributed by atoms with van der Waals surface area (Å²) in [7, 11) is -2.63. The van der Waals surface area contributed by atoms with Crippen molar-refractivity contribution in [3.05, 3.63) is 0 Å². The monoisotopic (exact) mass is 371 g/mol. The Morgan fingerprint density at radius 3 is 2.08 bits per heavy atom. The van der Waals surface area contributed by atoms with Gasteiger partial charge in [-0.3, -0.25) is 4.90 Å². The van der Waals surface area contributed by atoms with Crippen molar-refractivity contribution in [1.82, 2.24) is 4.90 Å². The molecule has 1 heterocycles. The first-order valence-electron chi connectivity index (χ1n) is 7.91. The molecule has 0 aromatic carbocycles. The number of amides is 1. The molecule has 0 radical (unpaired) electrons. The second-order valence-corrected chi connectivity index (χ2v) is 12.7. The molecule has 0 spiro atoms. The zero-order valence-corrected chi connectivity index (χ0v) is 16.6. The Morgan fingerprint density at radius 1 is 1.25 bits per heavy atom. The third-order valence-corrected chi connectivity index (χ3v) is 4.17. The first-order chi connectivity index (χ1) is 10.5. The van der Waals surface area contributed by atoms with Gasteiger partial charge in [0.05, 0.1) is 0 Å². The number of carbonyl (C=O) groups excluding carboxylic acids is 1. The van der Waals surface area contributed by atoms with Crippen molar-refractivity contribution >= 4 is 14.4 Å². The van der Waals surface area contributed by atoms with Crippen molar-refractivity contribution in [3.63, 3.8) is 0 Å². The van der Waals surface area contributed by atoms with E-state index in [1.165, 1.54) is 0 Å². The topological polar surface area (TPSA) is 48.0 Å². The van der Waals surface area contributed by atoms with Crippen molar-refractivity contribution in [2.45, 2.75) is 77.9 Å². The molecule has 1 saturated heterocycles. The Kier molecular flexibility index (Phi) is 5.74. The number of halogens is 3. The second kappa shape index (κ2) is 6.49. The molecule has 9 heteroatoms. The minimum absolute atomic E-state index is 0.526. The van der Waals surface area contributed by atoms with Crippen LogP contribution >= 0.6 is 0 Å². The van der Waals surface area contributed by atoms with Gasteiger partial charge in [-0.05, 0) is 46.3 Å². The van der Waals surface area contributed by atoms with Crippen LogP contribution in [0.25, 0.3) is 0 Å². The summed E-state index contributed by atoms with van der Waals surface area (Å²) in [6, 6.07) is -1.32. The Labute approximate surface area is 142 Å². The third-order valence-electron chi connectivity index (χ3n) is 3.26. The predicted octanol–water partition coefficient (Wildman–Crippen LogP) is 4.35. The van der Waals surface area contributed by atoms with Gasteiger partial charge in [0, 0.05) is 0 Å². The van der Waals surface area contributed by atoms with Crippen molar-refractivity contribution in [2.75, 3.05) is 6.73 Å². The van der Waals surface area contributed by atoms with E-state index in [4.69, 9.17) is 13.9 Å². The maximum absolute atomic E-state index is 13.9. The van der Waals surface area contributed by atoms with E-state index >= 15 is 0 Å². The molecular weight excluding hydrogens is 343 g/mol. The minimum Gasteiger partial charge on any atom is -0.444 e. The van der Waals surface area contributed by atoms with Crippen molar-refractivity contribution in [3.8, 4) is 0 Å². The summed E-state index contributed by atoms with van der Waals surface area (Å²) in [5.41, 5.74) is -0.818. The minimum atomic E-state index is -4.78. The number of nitrogens with zero attached hydrogens (tertiary/aromatic N) is 1. The molecule has 24 heavy (non-hydrogen) atoms.